The maximum absolute atomic E-state index is 10.2. The van der Waals surface area contributed by atoms with Gasteiger partial charge in [0, 0.05) is 0 Å². The number of benzene rings is 2. The van der Waals surface area contributed by atoms with E-state index in [2.05, 4.69) is 6.58 Å². The molecule has 2 rings (SSSR count). The van der Waals surface area contributed by atoms with E-state index in [1.165, 1.54) is 0 Å². The zero-order valence-electron chi connectivity index (χ0n) is 10.1. The quantitative estimate of drug-likeness (QED) is 0.812. The minimum atomic E-state index is -0.719. The molecule has 0 fully saturated rings. The van der Waals surface area contributed by atoms with Crippen molar-refractivity contribution in [1.82, 2.24) is 0 Å². The zero-order chi connectivity index (χ0) is 12.8. The molecule has 2 heteroatoms. The molecule has 2 aromatic rings. The van der Waals surface area contributed by atoms with E-state index in [1.807, 2.05) is 60.7 Å². The van der Waals surface area contributed by atoms with Gasteiger partial charge in [-0.15, -0.1) is 0 Å². The lowest BCUT2D eigenvalue weighted by atomic mass is 10.0. The van der Waals surface area contributed by atoms with Crippen LogP contribution in [0, 0.1) is 0 Å². The van der Waals surface area contributed by atoms with Gasteiger partial charge >= 0.3 is 0 Å². The molecule has 1 N–H and O–H groups in total. The number of para-hydroxylation sites is 1. The summed E-state index contributed by atoms with van der Waals surface area (Å²) in [4.78, 5) is 0. The summed E-state index contributed by atoms with van der Waals surface area (Å²) in [6.45, 7) is 3.72. The van der Waals surface area contributed by atoms with Crippen LogP contribution < -0.4 is 4.74 Å². The second kappa shape index (κ2) is 6.03. The molecule has 0 saturated heterocycles. The molecule has 0 bridgehead atoms. The lowest BCUT2D eigenvalue weighted by molar-refractivity contribution is 0.0638. The van der Waals surface area contributed by atoms with Gasteiger partial charge in [-0.3, -0.25) is 0 Å². The highest BCUT2D eigenvalue weighted by molar-refractivity contribution is 5.24. The van der Waals surface area contributed by atoms with Crippen LogP contribution in [0.25, 0.3) is 0 Å². The molecule has 0 radical (unpaired) electrons. The predicted molar refractivity (Wildman–Crippen MR) is 72.5 cm³/mol. The van der Waals surface area contributed by atoms with Crippen LogP contribution >= 0.6 is 0 Å². The van der Waals surface area contributed by atoms with Crippen molar-refractivity contribution in [1.29, 1.82) is 0 Å². The van der Waals surface area contributed by atoms with Gasteiger partial charge in [0.1, 0.15) is 18.0 Å². The van der Waals surface area contributed by atoms with E-state index in [-0.39, 0.29) is 0 Å². The molecule has 92 valence electrons. The molecule has 0 heterocycles. The molecule has 2 aromatic carbocycles. The summed E-state index contributed by atoms with van der Waals surface area (Å²) < 4.78 is 5.71. The first kappa shape index (κ1) is 12.4. The van der Waals surface area contributed by atoms with Crippen LogP contribution in [0.5, 0.6) is 5.75 Å². The molecule has 0 aliphatic rings. The molecule has 0 aliphatic carbocycles. The fraction of sp³-hybridized carbons (Fsp3) is 0.125. The molecule has 2 atom stereocenters. The number of hydrogen-bond donors (Lipinski definition) is 1. The molecule has 2 nitrogen and oxygen atoms in total. The van der Waals surface area contributed by atoms with Crippen molar-refractivity contribution in [3.8, 4) is 5.75 Å². The van der Waals surface area contributed by atoms with Crippen molar-refractivity contribution in [2.75, 3.05) is 0 Å². The van der Waals surface area contributed by atoms with E-state index >= 15 is 0 Å². The molecular weight excluding hydrogens is 224 g/mol. The normalized spacial score (nSPS) is 13.6. The summed E-state index contributed by atoms with van der Waals surface area (Å²) in [5, 5.41) is 10.2. The molecule has 18 heavy (non-hydrogen) atoms. The Morgan fingerprint density at radius 2 is 1.50 bits per heavy atom. The lowest BCUT2D eigenvalue weighted by Gasteiger charge is -2.21. The molecular formula is C16H16O2. The third kappa shape index (κ3) is 2.99. The van der Waals surface area contributed by atoms with Crippen molar-refractivity contribution < 1.29 is 9.84 Å². The van der Waals surface area contributed by atoms with Gasteiger partial charge in [0.05, 0.1) is 0 Å². The van der Waals surface area contributed by atoms with Crippen molar-refractivity contribution in [3.63, 3.8) is 0 Å². The van der Waals surface area contributed by atoms with E-state index in [0.717, 1.165) is 11.3 Å². The SMILES string of the molecule is C=C[C@@H](Oc1ccccc1)[C@H](O)c1ccccc1. The Balaban J connectivity index is 2.12. The first-order valence-electron chi connectivity index (χ1n) is 5.88. The number of aliphatic hydroxyl groups excluding tert-OH is 1. The third-order valence-electron chi connectivity index (χ3n) is 2.70. The molecule has 0 aliphatic heterocycles. The summed E-state index contributed by atoms with van der Waals surface area (Å²) in [7, 11) is 0. The Hall–Kier alpha value is -2.06. The first-order valence-corrected chi connectivity index (χ1v) is 5.88. The maximum atomic E-state index is 10.2. The topological polar surface area (TPSA) is 29.5 Å². The Morgan fingerprint density at radius 3 is 2.06 bits per heavy atom. The minimum Gasteiger partial charge on any atom is -0.483 e. The van der Waals surface area contributed by atoms with Gasteiger partial charge in [0.2, 0.25) is 0 Å². The Labute approximate surface area is 107 Å². The van der Waals surface area contributed by atoms with E-state index in [9.17, 15) is 5.11 Å². The van der Waals surface area contributed by atoms with Crippen LogP contribution in [0.4, 0.5) is 0 Å². The summed E-state index contributed by atoms with van der Waals surface area (Å²) in [6.07, 6.45) is 0.434. The van der Waals surface area contributed by atoms with Crippen molar-refractivity contribution >= 4 is 0 Å². The Morgan fingerprint density at radius 1 is 0.944 bits per heavy atom. The van der Waals surface area contributed by atoms with Crippen LogP contribution in [0.3, 0.4) is 0 Å². The van der Waals surface area contributed by atoms with Gasteiger partial charge in [-0.05, 0) is 23.8 Å². The summed E-state index contributed by atoms with van der Waals surface area (Å²) in [5.41, 5.74) is 0.818. The van der Waals surface area contributed by atoms with Crippen LogP contribution in [0.2, 0.25) is 0 Å². The first-order chi connectivity index (χ1) is 8.81. The van der Waals surface area contributed by atoms with Gasteiger partial charge in [-0.25, -0.2) is 0 Å². The molecule has 0 amide bonds. The molecule has 0 saturated carbocycles. The fourth-order valence-corrected chi connectivity index (χ4v) is 1.74. The average molecular weight is 240 g/mol. The predicted octanol–water partition coefficient (Wildman–Crippen LogP) is 3.35. The highest BCUT2D eigenvalue weighted by atomic mass is 16.5. The highest BCUT2D eigenvalue weighted by Crippen LogP contribution is 2.22. The van der Waals surface area contributed by atoms with Gasteiger partial charge in [-0.2, -0.15) is 0 Å². The Bertz CT molecular complexity index is 479. The van der Waals surface area contributed by atoms with E-state index in [4.69, 9.17) is 4.74 Å². The lowest BCUT2D eigenvalue weighted by Crippen LogP contribution is -2.22. The molecule has 0 aromatic heterocycles. The van der Waals surface area contributed by atoms with E-state index < -0.39 is 12.2 Å². The van der Waals surface area contributed by atoms with Crippen molar-refractivity contribution in [3.05, 3.63) is 78.9 Å². The van der Waals surface area contributed by atoms with Crippen LogP contribution in [0.15, 0.2) is 73.3 Å². The van der Waals surface area contributed by atoms with Crippen molar-refractivity contribution in [2.24, 2.45) is 0 Å². The van der Waals surface area contributed by atoms with Crippen molar-refractivity contribution in [2.45, 2.75) is 12.2 Å². The van der Waals surface area contributed by atoms with Gasteiger partial charge in [0.15, 0.2) is 0 Å². The standard InChI is InChI=1S/C16H16O2/c1-2-15(18-14-11-7-4-8-12-14)16(17)13-9-5-3-6-10-13/h2-12,15-17H,1H2/t15-,16-/m1/s1. The third-order valence-corrected chi connectivity index (χ3v) is 2.70. The minimum absolute atomic E-state index is 0.463. The summed E-state index contributed by atoms with van der Waals surface area (Å²) in [6, 6.07) is 18.9. The number of hydrogen-bond acceptors (Lipinski definition) is 2. The zero-order valence-corrected chi connectivity index (χ0v) is 10.1. The van der Waals surface area contributed by atoms with Crippen LogP contribution in [-0.2, 0) is 0 Å². The molecule has 0 spiro atoms. The Kier molecular flexibility index (Phi) is 4.15. The maximum Gasteiger partial charge on any atom is 0.147 e. The number of ether oxygens (including phenoxy) is 1. The monoisotopic (exact) mass is 240 g/mol. The summed E-state index contributed by atoms with van der Waals surface area (Å²) >= 11 is 0. The number of rotatable bonds is 5. The van der Waals surface area contributed by atoms with Gasteiger partial charge < -0.3 is 9.84 Å². The molecule has 0 unspecified atom stereocenters. The smallest absolute Gasteiger partial charge is 0.147 e. The van der Waals surface area contributed by atoms with E-state index in [0.29, 0.717) is 0 Å². The largest absolute Gasteiger partial charge is 0.483 e. The average Bonchev–Trinajstić information content (AvgIpc) is 2.46. The second-order valence-electron chi connectivity index (χ2n) is 3.99. The van der Waals surface area contributed by atoms with Crippen LogP contribution in [-0.4, -0.2) is 11.2 Å². The van der Waals surface area contributed by atoms with E-state index in [1.54, 1.807) is 6.08 Å². The number of aliphatic hydroxyl groups is 1. The summed E-state index contributed by atoms with van der Waals surface area (Å²) in [5.74, 6) is 0.720. The van der Waals surface area contributed by atoms with Crippen LogP contribution in [0.1, 0.15) is 11.7 Å². The van der Waals surface area contributed by atoms with Gasteiger partial charge in [0.25, 0.3) is 0 Å². The second-order valence-corrected chi connectivity index (χ2v) is 3.99. The van der Waals surface area contributed by atoms with Gasteiger partial charge in [-0.1, -0.05) is 55.1 Å². The highest BCUT2D eigenvalue weighted by Gasteiger charge is 2.19. The fourth-order valence-electron chi connectivity index (χ4n) is 1.74.